The lowest BCUT2D eigenvalue weighted by Crippen LogP contribution is -2.10. The van der Waals surface area contributed by atoms with Gasteiger partial charge in [0.1, 0.15) is 5.75 Å². The Balaban J connectivity index is 1.95. The van der Waals surface area contributed by atoms with Crippen molar-refractivity contribution in [2.24, 2.45) is 0 Å². The Morgan fingerprint density at radius 2 is 1.62 bits per heavy atom. The molecule has 0 unspecified atom stereocenters. The standard InChI is InChI=1S/C19H13N3O2/c23-15-8-6-13(7-9-15)18(24)17-12-14-4-1-2-5-16(14)22(17)19-20-10-3-11-21-19/h1-12,23H. The Kier molecular flexibility index (Phi) is 3.31. The summed E-state index contributed by atoms with van der Waals surface area (Å²) >= 11 is 0. The minimum absolute atomic E-state index is 0.124. The topological polar surface area (TPSA) is 68.0 Å². The molecule has 4 rings (SSSR count). The number of fused-ring (bicyclic) bond motifs is 1. The summed E-state index contributed by atoms with van der Waals surface area (Å²) in [5.74, 6) is 0.415. The molecule has 116 valence electrons. The highest BCUT2D eigenvalue weighted by atomic mass is 16.3. The fraction of sp³-hybridized carbons (Fsp3) is 0. The maximum absolute atomic E-state index is 13.0. The van der Waals surface area contributed by atoms with E-state index < -0.39 is 0 Å². The second kappa shape index (κ2) is 5.62. The Labute approximate surface area is 137 Å². The van der Waals surface area contributed by atoms with Crippen molar-refractivity contribution >= 4 is 16.7 Å². The van der Waals surface area contributed by atoms with Gasteiger partial charge in [-0.3, -0.25) is 9.36 Å². The van der Waals surface area contributed by atoms with Crippen molar-refractivity contribution in [3.63, 3.8) is 0 Å². The summed E-state index contributed by atoms with van der Waals surface area (Å²) in [7, 11) is 0. The van der Waals surface area contributed by atoms with Crippen LogP contribution in [0.1, 0.15) is 16.1 Å². The van der Waals surface area contributed by atoms with Crippen LogP contribution in [0, 0.1) is 0 Å². The van der Waals surface area contributed by atoms with Gasteiger partial charge in [-0.15, -0.1) is 0 Å². The average Bonchev–Trinajstić information content (AvgIpc) is 3.02. The number of phenolic OH excluding ortho intramolecular Hbond substituents is 1. The number of phenols is 1. The number of benzene rings is 2. The summed E-state index contributed by atoms with van der Waals surface area (Å²) in [5.41, 5.74) is 1.84. The van der Waals surface area contributed by atoms with E-state index in [9.17, 15) is 9.90 Å². The van der Waals surface area contributed by atoms with Gasteiger partial charge in [-0.05, 0) is 42.5 Å². The van der Waals surface area contributed by atoms with E-state index in [1.807, 2.05) is 30.3 Å². The Bertz CT molecular complexity index is 1020. The normalized spacial score (nSPS) is 10.8. The highest BCUT2D eigenvalue weighted by Gasteiger charge is 2.19. The average molecular weight is 315 g/mol. The SMILES string of the molecule is O=C(c1ccc(O)cc1)c1cc2ccccc2n1-c1ncccn1. The number of hydrogen-bond donors (Lipinski definition) is 1. The van der Waals surface area contributed by atoms with E-state index in [-0.39, 0.29) is 11.5 Å². The summed E-state index contributed by atoms with van der Waals surface area (Å²) < 4.78 is 1.75. The van der Waals surface area contributed by atoms with E-state index in [2.05, 4.69) is 9.97 Å². The third-order valence-corrected chi connectivity index (χ3v) is 3.83. The summed E-state index contributed by atoms with van der Waals surface area (Å²) in [6, 6.07) is 17.5. The molecule has 2 aromatic carbocycles. The first-order valence-electron chi connectivity index (χ1n) is 7.45. The van der Waals surface area contributed by atoms with Crippen LogP contribution >= 0.6 is 0 Å². The van der Waals surface area contributed by atoms with E-state index in [1.165, 1.54) is 12.1 Å². The van der Waals surface area contributed by atoms with Gasteiger partial charge in [-0.2, -0.15) is 0 Å². The molecule has 4 aromatic rings. The first kappa shape index (κ1) is 14.1. The van der Waals surface area contributed by atoms with Crippen LogP contribution < -0.4 is 0 Å². The first-order chi connectivity index (χ1) is 11.7. The molecule has 0 saturated heterocycles. The quantitative estimate of drug-likeness (QED) is 0.589. The lowest BCUT2D eigenvalue weighted by atomic mass is 10.1. The predicted octanol–water partition coefficient (Wildman–Crippen LogP) is 3.36. The molecule has 0 radical (unpaired) electrons. The molecular formula is C19H13N3O2. The molecule has 2 aromatic heterocycles. The molecule has 0 saturated carbocycles. The number of aromatic hydroxyl groups is 1. The van der Waals surface area contributed by atoms with Gasteiger partial charge in [0.05, 0.1) is 11.2 Å². The molecule has 0 aliphatic carbocycles. The van der Waals surface area contributed by atoms with Crippen molar-refractivity contribution in [1.82, 2.24) is 14.5 Å². The minimum Gasteiger partial charge on any atom is -0.508 e. The molecule has 2 heterocycles. The van der Waals surface area contributed by atoms with Crippen molar-refractivity contribution in [3.8, 4) is 11.7 Å². The molecule has 0 atom stereocenters. The van der Waals surface area contributed by atoms with Gasteiger partial charge in [0.15, 0.2) is 0 Å². The van der Waals surface area contributed by atoms with Crippen LogP contribution in [0.25, 0.3) is 16.9 Å². The van der Waals surface area contributed by atoms with Gasteiger partial charge >= 0.3 is 0 Å². The van der Waals surface area contributed by atoms with E-state index in [1.54, 1.807) is 35.2 Å². The van der Waals surface area contributed by atoms with Crippen molar-refractivity contribution < 1.29 is 9.90 Å². The molecule has 0 aliphatic rings. The number of rotatable bonds is 3. The van der Waals surface area contributed by atoms with Crippen molar-refractivity contribution in [2.45, 2.75) is 0 Å². The first-order valence-corrected chi connectivity index (χ1v) is 7.45. The Morgan fingerprint density at radius 3 is 2.38 bits per heavy atom. The number of nitrogens with zero attached hydrogens (tertiary/aromatic N) is 3. The van der Waals surface area contributed by atoms with Crippen LogP contribution in [0.15, 0.2) is 73.1 Å². The van der Waals surface area contributed by atoms with Crippen LogP contribution in [0.3, 0.4) is 0 Å². The fourth-order valence-electron chi connectivity index (χ4n) is 2.70. The molecule has 5 nitrogen and oxygen atoms in total. The van der Waals surface area contributed by atoms with Crippen LogP contribution in [-0.4, -0.2) is 25.4 Å². The van der Waals surface area contributed by atoms with Gasteiger partial charge in [0, 0.05) is 23.3 Å². The van der Waals surface area contributed by atoms with Crippen molar-refractivity contribution in [3.05, 3.63) is 84.3 Å². The van der Waals surface area contributed by atoms with Crippen LogP contribution in [0.4, 0.5) is 0 Å². The molecule has 5 heteroatoms. The second-order valence-corrected chi connectivity index (χ2v) is 5.35. The summed E-state index contributed by atoms with van der Waals surface area (Å²) in [6.07, 6.45) is 3.29. The number of aromatic nitrogens is 3. The zero-order valence-corrected chi connectivity index (χ0v) is 12.6. The van der Waals surface area contributed by atoms with Crippen molar-refractivity contribution in [2.75, 3.05) is 0 Å². The minimum atomic E-state index is -0.154. The highest BCUT2D eigenvalue weighted by Crippen LogP contribution is 2.25. The maximum atomic E-state index is 13.0. The fourth-order valence-corrected chi connectivity index (χ4v) is 2.70. The van der Waals surface area contributed by atoms with E-state index in [4.69, 9.17) is 0 Å². The molecule has 24 heavy (non-hydrogen) atoms. The van der Waals surface area contributed by atoms with Crippen LogP contribution in [-0.2, 0) is 0 Å². The predicted molar refractivity (Wildman–Crippen MR) is 90.4 cm³/mol. The molecule has 0 spiro atoms. The number of carbonyl (C=O) groups is 1. The highest BCUT2D eigenvalue weighted by molar-refractivity contribution is 6.11. The smallest absolute Gasteiger partial charge is 0.234 e. The number of para-hydroxylation sites is 1. The molecule has 0 fully saturated rings. The maximum Gasteiger partial charge on any atom is 0.234 e. The van der Waals surface area contributed by atoms with Gasteiger partial charge in [-0.1, -0.05) is 18.2 Å². The second-order valence-electron chi connectivity index (χ2n) is 5.35. The van der Waals surface area contributed by atoms with E-state index in [0.717, 1.165) is 10.9 Å². The third-order valence-electron chi connectivity index (χ3n) is 3.83. The summed E-state index contributed by atoms with van der Waals surface area (Å²) in [6.45, 7) is 0. The number of carbonyl (C=O) groups excluding carboxylic acids is 1. The van der Waals surface area contributed by atoms with Gasteiger partial charge in [-0.25, -0.2) is 9.97 Å². The number of hydrogen-bond acceptors (Lipinski definition) is 4. The monoisotopic (exact) mass is 315 g/mol. The van der Waals surface area contributed by atoms with Crippen LogP contribution in [0.2, 0.25) is 0 Å². The molecular weight excluding hydrogens is 302 g/mol. The summed E-state index contributed by atoms with van der Waals surface area (Å²) in [4.78, 5) is 21.5. The van der Waals surface area contributed by atoms with E-state index in [0.29, 0.717) is 17.2 Å². The van der Waals surface area contributed by atoms with Crippen molar-refractivity contribution in [1.29, 1.82) is 0 Å². The lowest BCUT2D eigenvalue weighted by molar-refractivity contribution is 0.103. The molecule has 0 amide bonds. The van der Waals surface area contributed by atoms with Gasteiger partial charge in [0.25, 0.3) is 0 Å². The van der Waals surface area contributed by atoms with E-state index >= 15 is 0 Å². The zero-order chi connectivity index (χ0) is 16.5. The zero-order valence-electron chi connectivity index (χ0n) is 12.6. The molecule has 0 aliphatic heterocycles. The van der Waals surface area contributed by atoms with Crippen LogP contribution in [0.5, 0.6) is 5.75 Å². The lowest BCUT2D eigenvalue weighted by Gasteiger charge is -2.08. The van der Waals surface area contributed by atoms with Gasteiger partial charge < -0.3 is 5.11 Å². The number of ketones is 1. The Hall–Kier alpha value is -3.47. The van der Waals surface area contributed by atoms with Gasteiger partial charge in [0.2, 0.25) is 11.7 Å². The molecule has 0 bridgehead atoms. The summed E-state index contributed by atoms with van der Waals surface area (Å²) in [5, 5.41) is 10.4. The largest absolute Gasteiger partial charge is 0.508 e. The molecule has 1 N–H and O–H groups in total. The Morgan fingerprint density at radius 1 is 0.917 bits per heavy atom. The third kappa shape index (κ3) is 2.32.